The monoisotopic (exact) mass is 360 g/mol. The zero-order valence-corrected chi connectivity index (χ0v) is 15.4. The molecule has 0 aliphatic carbocycles. The first-order valence-electron chi connectivity index (χ1n) is 8.35. The van der Waals surface area contributed by atoms with Crippen LogP contribution in [0.1, 0.15) is 46.8 Å². The van der Waals surface area contributed by atoms with Gasteiger partial charge in [-0.1, -0.05) is 11.6 Å². The van der Waals surface area contributed by atoms with Gasteiger partial charge in [0.1, 0.15) is 29.8 Å². The summed E-state index contributed by atoms with van der Waals surface area (Å²) in [7, 11) is 1.52. The van der Waals surface area contributed by atoms with Crippen LogP contribution in [0.2, 0.25) is 0 Å². The van der Waals surface area contributed by atoms with Crippen molar-refractivity contribution in [1.29, 1.82) is 0 Å². The molecule has 6 nitrogen and oxygen atoms in total. The van der Waals surface area contributed by atoms with Gasteiger partial charge in [-0.3, -0.25) is 4.79 Å². The first-order chi connectivity index (χ1) is 12.3. The topological polar surface area (TPSA) is 82.1 Å². The molecule has 2 rings (SSSR count). The van der Waals surface area contributed by atoms with E-state index >= 15 is 0 Å². The van der Waals surface area contributed by atoms with Crippen LogP contribution in [0.25, 0.3) is 0 Å². The van der Waals surface area contributed by atoms with Crippen LogP contribution < -0.4 is 4.74 Å². The molecule has 1 aromatic carbocycles. The van der Waals surface area contributed by atoms with Crippen molar-refractivity contribution >= 4 is 11.9 Å². The van der Waals surface area contributed by atoms with Gasteiger partial charge >= 0.3 is 11.9 Å². The summed E-state index contributed by atoms with van der Waals surface area (Å²) < 4.78 is 15.4. The van der Waals surface area contributed by atoms with E-state index < -0.39 is 12.1 Å². The number of rotatable bonds is 7. The first kappa shape index (κ1) is 19.8. The van der Waals surface area contributed by atoms with Gasteiger partial charge in [-0.25, -0.2) is 4.79 Å². The Morgan fingerprint density at radius 3 is 2.69 bits per heavy atom. The Bertz CT molecular complexity index is 745. The molecule has 26 heavy (non-hydrogen) atoms. The minimum atomic E-state index is -0.623. The Morgan fingerprint density at radius 2 is 2.08 bits per heavy atom. The smallest absolute Gasteiger partial charge is 0.342 e. The summed E-state index contributed by atoms with van der Waals surface area (Å²) in [6.07, 6.45) is 2.37. The number of benzene rings is 1. The molecule has 2 radical (unpaired) electrons. The average molecular weight is 360 g/mol. The highest BCUT2D eigenvalue weighted by atomic mass is 16.5. The third-order valence-corrected chi connectivity index (χ3v) is 4.32. The van der Waals surface area contributed by atoms with Gasteiger partial charge in [-0.15, -0.1) is 0 Å². The molecule has 0 bridgehead atoms. The van der Waals surface area contributed by atoms with Gasteiger partial charge in [0, 0.05) is 17.5 Å². The van der Waals surface area contributed by atoms with Crippen molar-refractivity contribution in [2.45, 2.75) is 45.8 Å². The van der Waals surface area contributed by atoms with Crippen molar-refractivity contribution in [1.82, 2.24) is 0 Å². The Labute approximate surface area is 153 Å². The van der Waals surface area contributed by atoms with Gasteiger partial charge in [-0.2, -0.15) is 0 Å². The summed E-state index contributed by atoms with van der Waals surface area (Å²) in [6, 6.07) is 0. The van der Waals surface area contributed by atoms with Crippen LogP contribution in [0.4, 0.5) is 0 Å². The highest BCUT2D eigenvalue weighted by Crippen LogP contribution is 2.42. The number of fused-ring (bicyclic) bond motifs is 1. The van der Waals surface area contributed by atoms with Crippen molar-refractivity contribution in [2.24, 2.45) is 0 Å². The fourth-order valence-electron chi connectivity index (χ4n) is 2.95. The van der Waals surface area contributed by atoms with Crippen molar-refractivity contribution < 1.29 is 28.9 Å². The van der Waals surface area contributed by atoms with E-state index in [9.17, 15) is 14.7 Å². The quantitative estimate of drug-likeness (QED) is 0.594. The number of hydrogen-bond acceptors (Lipinski definition) is 6. The zero-order valence-electron chi connectivity index (χ0n) is 15.4. The SMILES string of the molecule is [CH2]C([CH2])OC(=O)CC/C(C)=C/Cc1c(O)c2c(c(C)c1OC)COC2=O. The number of carbonyl (C=O) groups is 2. The fraction of sp³-hybridized carbons (Fsp3) is 0.400. The largest absolute Gasteiger partial charge is 0.507 e. The summed E-state index contributed by atoms with van der Waals surface area (Å²) >= 11 is 0. The van der Waals surface area contributed by atoms with Gasteiger partial charge < -0.3 is 19.3 Å². The number of ether oxygens (including phenoxy) is 3. The van der Waals surface area contributed by atoms with E-state index in [-0.39, 0.29) is 30.3 Å². The van der Waals surface area contributed by atoms with Gasteiger partial charge in [0.15, 0.2) is 0 Å². The molecule has 0 spiro atoms. The Balaban J connectivity index is 2.19. The lowest BCUT2D eigenvalue weighted by Gasteiger charge is -2.15. The fourth-order valence-corrected chi connectivity index (χ4v) is 2.95. The average Bonchev–Trinajstić information content (AvgIpc) is 2.96. The molecule has 1 N–H and O–H groups in total. The van der Waals surface area contributed by atoms with Crippen LogP contribution in [-0.4, -0.2) is 30.3 Å². The molecule has 0 saturated carbocycles. The maximum atomic E-state index is 11.9. The highest BCUT2D eigenvalue weighted by Gasteiger charge is 2.31. The Morgan fingerprint density at radius 1 is 1.38 bits per heavy atom. The van der Waals surface area contributed by atoms with Crippen LogP contribution in [0.5, 0.6) is 11.5 Å². The van der Waals surface area contributed by atoms with Crippen LogP contribution in [0, 0.1) is 20.8 Å². The van der Waals surface area contributed by atoms with E-state index in [1.165, 1.54) is 7.11 Å². The standard InChI is InChI=1S/C20H24O6/c1-11(2)26-16(21)9-7-12(3)6-8-14-18(22)17-15(10-25-20(17)23)13(4)19(14)24-5/h6,11,22H,1-2,7-10H2,3-5H3/b12-6+. The second kappa shape index (κ2) is 8.25. The zero-order chi connectivity index (χ0) is 19.4. The van der Waals surface area contributed by atoms with Crippen LogP contribution >= 0.6 is 0 Å². The number of phenols is 1. The summed E-state index contributed by atoms with van der Waals surface area (Å²) in [4.78, 5) is 23.4. The van der Waals surface area contributed by atoms with Gasteiger partial charge in [0.25, 0.3) is 0 Å². The van der Waals surface area contributed by atoms with E-state index in [0.29, 0.717) is 29.7 Å². The number of carbonyl (C=O) groups excluding carboxylic acids is 2. The van der Waals surface area contributed by atoms with Crippen molar-refractivity contribution in [3.8, 4) is 11.5 Å². The molecular weight excluding hydrogens is 336 g/mol. The van der Waals surface area contributed by atoms with E-state index in [1.54, 1.807) is 0 Å². The number of aromatic hydroxyl groups is 1. The maximum Gasteiger partial charge on any atom is 0.342 e. The number of esters is 2. The molecule has 0 saturated heterocycles. The van der Waals surface area contributed by atoms with Crippen LogP contribution in [0.15, 0.2) is 11.6 Å². The predicted molar refractivity (Wildman–Crippen MR) is 95.8 cm³/mol. The number of phenolic OH excluding ortho intramolecular Hbond substituents is 1. The maximum absolute atomic E-state index is 11.9. The molecule has 0 aromatic heterocycles. The van der Waals surface area contributed by atoms with Gasteiger partial charge in [0.2, 0.25) is 0 Å². The second-order valence-corrected chi connectivity index (χ2v) is 6.28. The number of hydrogen-bond donors (Lipinski definition) is 1. The Kier molecular flexibility index (Phi) is 6.29. The van der Waals surface area contributed by atoms with E-state index in [2.05, 4.69) is 13.8 Å². The molecule has 0 fully saturated rings. The molecule has 0 unspecified atom stereocenters. The van der Waals surface area contributed by atoms with Crippen LogP contribution in [0.3, 0.4) is 0 Å². The molecule has 140 valence electrons. The van der Waals surface area contributed by atoms with Crippen molar-refractivity contribution in [3.05, 3.63) is 47.8 Å². The van der Waals surface area contributed by atoms with Gasteiger partial charge in [-0.05, 0) is 46.1 Å². The summed E-state index contributed by atoms with van der Waals surface area (Å²) in [5, 5.41) is 10.5. The molecule has 1 aliphatic heterocycles. The second-order valence-electron chi connectivity index (χ2n) is 6.28. The molecule has 1 aromatic rings. The van der Waals surface area contributed by atoms with Gasteiger partial charge in [0.05, 0.1) is 7.11 Å². The number of allylic oxidation sites excluding steroid dienone is 2. The lowest BCUT2D eigenvalue weighted by molar-refractivity contribution is -0.145. The van der Waals surface area contributed by atoms with Crippen molar-refractivity contribution in [2.75, 3.05) is 7.11 Å². The molecule has 6 heteroatoms. The predicted octanol–water partition coefficient (Wildman–Crippen LogP) is 3.23. The van der Waals surface area contributed by atoms with E-state index in [4.69, 9.17) is 14.2 Å². The lowest BCUT2D eigenvalue weighted by Crippen LogP contribution is -2.11. The molecule has 0 atom stereocenters. The number of cyclic esters (lactones) is 1. The van der Waals surface area contributed by atoms with Crippen LogP contribution in [-0.2, 0) is 27.3 Å². The molecular formula is C20H24O6. The van der Waals surface area contributed by atoms with Crippen molar-refractivity contribution in [3.63, 3.8) is 0 Å². The van der Waals surface area contributed by atoms with E-state index in [0.717, 1.165) is 11.1 Å². The summed E-state index contributed by atoms with van der Waals surface area (Å²) in [6.45, 7) is 10.9. The normalized spacial score (nSPS) is 13.6. The minimum absolute atomic E-state index is 0.106. The molecule has 1 aliphatic rings. The highest BCUT2D eigenvalue weighted by molar-refractivity contribution is 5.98. The number of methoxy groups -OCH3 is 1. The third kappa shape index (κ3) is 4.18. The molecule has 1 heterocycles. The summed E-state index contributed by atoms with van der Waals surface area (Å²) in [5.74, 6) is -0.446. The summed E-state index contributed by atoms with van der Waals surface area (Å²) in [5.41, 5.74) is 3.14. The van der Waals surface area contributed by atoms with E-state index in [1.807, 2.05) is 19.9 Å². The molecule has 0 amide bonds. The Hall–Kier alpha value is -2.50. The minimum Gasteiger partial charge on any atom is -0.507 e. The lowest BCUT2D eigenvalue weighted by atomic mass is 9.94. The third-order valence-electron chi connectivity index (χ3n) is 4.32. The first-order valence-corrected chi connectivity index (χ1v) is 8.35.